The topological polar surface area (TPSA) is 130 Å². The van der Waals surface area contributed by atoms with Crippen LogP contribution in [0.15, 0.2) is 18.1 Å². The van der Waals surface area contributed by atoms with Crippen molar-refractivity contribution in [2.75, 3.05) is 0 Å². The number of ether oxygens (including phenoxy) is 2. The maximum absolute atomic E-state index is 10.8. The molecule has 0 amide bonds. The van der Waals surface area contributed by atoms with Gasteiger partial charge < -0.3 is 20.1 Å². The molecule has 106 valence electrons. The van der Waals surface area contributed by atoms with E-state index in [1.165, 1.54) is 0 Å². The molecule has 0 saturated carbocycles. The zero-order chi connectivity index (χ0) is 20.4. The first-order chi connectivity index (χ1) is 11.8. The molecule has 0 aliphatic rings. The molecule has 0 saturated heterocycles. The van der Waals surface area contributed by atoms with E-state index in [4.69, 9.17) is 18.4 Å². The predicted octanol–water partition coefficient (Wildman–Crippen LogP) is 1.09. The van der Waals surface area contributed by atoms with Crippen LogP contribution in [-0.4, -0.2) is 33.9 Å². The summed E-state index contributed by atoms with van der Waals surface area (Å²) in [6, 6.07) is -3.55. The Bertz CT molecular complexity index is 763. The van der Waals surface area contributed by atoms with Crippen LogP contribution in [0.25, 0.3) is 0 Å². The normalized spacial score (nSPS) is 17.9. The monoisotopic (exact) mass is 289 g/mol. The molecule has 8 nitrogen and oxygen atoms in total. The SMILES string of the molecule is [2H]c1c([2H])c(C([2H])(O)C([2H])([2H])CC(=O)O)c([2H])c(OC(=O)O)c1O[C+]=O. The third-order valence-corrected chi connectivity index (χ3v) is 1.72. The predicted molar refractivity (Wildman–Crippen MR) is 63.2 cm³/mol. The van der Waals surface area contributed by atoms with E-state index >= 15 is 0 Å². The second kappa shape index (κ2) is 7.03. The first-order valence-corrected chi connectivity index (χ1v) is 4.81. The summed E-state index contributed by atoms with van der Waals surface area (Å²) in [5.41, 5.74) is -1.25. The average Bonchev–Trinajstić information content (AvgIpc) is 2.46. The third-order valence-electron chi connectivity index (χ3n) is 1.72. The number of aliphatic hydroxyl groups is 1. The number of carboxylic acid groups (broad SMARTS) is 2. The minimum Gasteiger partial charge on any atom is -0.481 e. The largest absolute Gasteiger partial charge is 0.576 e. The summed E-state index contributed by atoms with van der Waals surface area (Å²) in [6.45, 7) is 0.837. The lowest BCUT2D eigenvalue weighted by atomic mass is 10.0. The second-order valence-electron chi connectivity index (χ2n) is 3.06. The smallest absolute Gasteiger partial charge is 0.481 e. The van der Waals surface area contributed by atoms with Gasteiger partial charge in [-0.05, 0) is 18.0 Å². The van der Waals surface area contributed by atoms with Gasteiger partial charge in [-0.3, -0.25) is 4.79 Å². The Hall–Kier alpha value is -2.70. The van der Waals surface area contributed by atoms with Crippen molar-refractivity contribution < 1.29 is 47.4 Å². The summed E-state index contributed by atoms with van der Waals surface area (Å²) in [4.78, 5) is 31.9. The number of carboxylic acids is 1. The number of aliphatic carboxylic acids is 1. The standard InChI is InChI=1S/C12H10O8/c13-6-19-9-3-1-7(5-10(9)20-12(17)18)8(14)2-4-11(15)16/h1,3,5,8,14H,2,4H2,(H-,15,16,17,18)/p+1/i1D,2D2,3D,5D,8D. The number of hydrogen-bond acceptors (Lipinski definition) is 6. The summed E-state index contributed by atoms with van der Waals surface area (Å²) in [5, 5.41) is 27.6. The Morgan fingerprint density at radius 3 is 2.70 bits per heavy atom. The van der Waals surface area contributed by atoms with Gasteiger partial charge in [-0.1, -0.05) is 4.79 Å². The van der Waals surface area contributed by atoms with E-state index in [1.807, 2.05) is 0 Å². The first kappa shape index (κ1) is 8.47. The highest BCUT2D eigenvalue weighted by Crippen LogP contribution is 2.31. The molecule has 8 heteroatoms. The van der Waals surface area contributed by atoms with E-state index in [0.717, 1.165) is 6.47 Å². The van der Waals surface area contributed by atoms with E-state index in [-0.39, 0.29) is 0 Å². The Labute approximate surface area is 121 Å². The number of hydrogen-bond donors (Lipinski definition) is 3. The molecule has 0 aromatic heterocycles. The summed E-state index contributed by atoms with van der Waals surface area (Å²) < 4.78 is 54.5. The second-order valence-corrected chi connectivity index (χ2v) is 3.06. The van der Waals surface area contributed by atoms with Crippen LogP contribution in [0, 0.1) is 0 Å². The van der Waals surface area contributed by atoms with Crippen LogP contribution in [-0.2, 0) is 9.59 Å². The van der Waals surface area contributed by atoms with Crippen molar-refractivity contribution in [2.45, 2.75) is 18.9 Å². The van der Waals surface area contributed by atoms with Gasteiger partial charge in [0.25, 0.3) is 5.75 Å². The number of benzene rings is 1. The van der Waals surface area contributed by atoms with Crippen molar-refractivity contribution >= 4 is 18.6 Å². The van der Waals surface area contributed by atoms with E-state index in [1.54, 1.807) is 0 Å². The number of carbonyl (C=O) groups excluding carboxylic acids is 1. The van der Waals surface area contributed by atoms with Gasteiger partial charge in [0.15, 0.2) is 0 Å². The van der Waals surface area contributed by atoms with Crippen LogP contribution in [0.1, 0.15) is 32.7 Å². The Kier molecular flexibility index (Phi) is 2.98. The number of rotatable bonds is 7. The summed E-state index contributed by atoms with van der Waals surface area (Å²) >= 11 is 0. The van der Waals surface area contributed by atoms with Gasteiger partial charge in [0.1, 0.15) is 0 Å². The molecule has 1 atom stereocenters. The fourth-order valence-corrected chi connectivity index (χ4v) is 1.02. The summed E-state index contributed by atoms with van der Waals surface area (Å²) in [5.74, 6) is -3.95. The Morgan fingerprint density at radius 1 is 1.45 bits per heavy atom. The molecule has 3 N–H and O–H groups in total. The van der Waals surface area contributed by atoms with Crippen LogP contribution >= 0.6 is 0 Å². The van der Waals surface area contributed by atoms with E-state index in [2.05, 4.69) is 9.47 Å². The Morgan fingerprint density at radius 2 is 2.15 bits per heavy atom. The maximum Gasteiger partial charge on any atom is 0.576 e. The van der Waals surface area contributed by atoms with Gasteiger partial charge in [-0.2, -0.15) is 4.74 Å². The highest BCUT2D eigenvalue weighted by molar-refractivity contribution is 5.67. The molecule has 1 aromatic carbocycles. The van der Waals surface area contributed by atoms with Crippen LogP contribution in [0.4, 0.5) is 4.79 Å². The van der Waals surface area contributed by atoms with Crippen molar-refractivity contribution in [3.05, 3.63) is 23.7 Å². The molecule has 1 unspecified atom stereocenters. The summed E-state index contributed by atoms with van der Waals surface area (Å²) in [6.07, 6.45) is -10.3. The average molecular weight is 289 g/mol. The van der Waals surface area contributed by atoms with Gasteiger partial charge in [-0.15, -0.1) is 0 Å². The van der Waals surface area contributed by atoms with Crippen LogP contribution in [0.2, 0.25) is 0 Å². The lowest BCUT2D eigenvalue weighted by Crippen LogP contribution is -2.07. The van der Waals surface area contributed by atoms with E-state index < -0.39 is 66.2 Å². The fourth-order valence-electron chi connectivity index (χ4n) is 1.02. The highest BCUT2D eigenvalue weighted by atomic mass is 16.7. The van der Waals surface area contributed by atoms with Crippen LogP contribution in [0.5, 0.6) is 11.5 Å². The molecule has 0 aliphatic carbocycles. The van der Waals surface area contributed by atoms with Gasteiger partial charge >= 0.3 is 24.3 Å². The van der Waals surface area contributed by atoms with Crippen molar-refractivity contribution in [3.63, 3.8) is 0 Å². The lowest BCUT2D eigenvalue weighted by molar-refractivity contribution is -0.137. The maximum atomic E-state index is 10.8. The van der Waals surface area contributed by atoms with Crippen molar-refractivity contribution in [2.24, 2.45) is 0 Å². The quantitative estimate of drug-likeness (QED) is 0.386. The van der Waals surface area contributed by atoms with Crippen molar-refractivity contribution in [1.82, 2.24) is 0 Å². The minimum absolute atomic E-state index is 0.837. The lowest BCUT2D eigenvalue weighted by Gasteiger charge is -2.09. The van der Waals surface area contributed by atoms with Crippen molar-refractivity contribution in [3.8, 4) is 11.5 Å². The van der Waals surface area contributed by atoms with Gasteiger partial charge in [0.2, 0.25) is 0 Å². The van der Waals surface area contributed by atoms with E-state index in [9.17, 15) is 19.5 Å². The first-order valence-electron chi connectivity index (χ1n) is 7.81. The molecule has 20 heavy (non-hydrogen) atoms. The molecular weight excluding hydrogens is 272 g/mol. The van der Waals surface area contributed by atoms with E-state index in [0.29, 0.717) is 0 Å². The van der Waals surface area contributed by atoms with Crippen LogP contribution in [0.3, 0.4) is 0 Å². The van der Waals surface area contributed by atoms with Crippen molar-refractivity contribution in [1.29, 1.82) is 0 Å². The van der Waals surface area contributed by atoms with Gasteiger partial charge in [0.05, 0.1) is 17.6 Å². The van der Waals surface area contributed by atoms with Gasteiger partial charge in [-0.25, -0.2) is 4.79 Å². The molecule has 0 fully saturated rings. The molecule has 0 bridgehead atoms. The van der Waals surface area contributed by atoms with Gasteiger partial charge in [0, 0.05) is 15.2 Å². The molecule has 0 radical (unpaired) electrons. The molecular formula is C12H11O8+. The summed E-state index contributed by atoms with van der Waals surface area (Å²) in [7, 11) is 0. The fraction of sp³-hybridized carbons (Fsp3) is 0.250. The zero-order valence-electron chi connectivity index (χ0n) is 15.6. The minimum atomic E-state index is -3.56. The third kappa shape index (κ3) is 4.52. The molecule has 1 aromatic rings. The Balaban J connectivity index is 3.82. The molecule has 1 rings (SSSR count). The molecule has 0 heterocycles. The number of carbonyl (C=O) groups is 2. The highest BCUT2D eigenvalue weighted by Gasteiger charge is 2.21. The molecule has 0 aliphatic heterocycles. The molecule has 0 spiro atoms. The zero-order valence-corrected chi connectivity index (χ0v) is 9.59. The van der Waals surface area contributed by atoms with Crippen LogP contribution < -0.4 is 9.47 Å².